The Kier molecular flexibility index (Phi) is 6.09. The van der Waals surface area contributed by atoms with Gasteiger partial charge in [-0.25, -0.2) is 0 Å². The fraction of sp³-hybridized carbons (Fsp3) is 0.500. The summed E-state index contributed by atoms with van der Waals surface area (Å²) >= 11 is 5.27. The smallest absolute Gasteiger partial charge is 0.170 e. The molecular weight excluding hydrogens is 244 g/mol. The van der Waals surface area contributed by atoms with Crippen LogP contribution >= 0.6 is 12.2 Å². The van der Waals surface area contributed by atoms with Crippen molar-refractivity contribution in [1.29, 1.82) is 0 Å². The van der Waals surface area contributed by atoms with Crippen LogP contribution in [0.25, 0.3) is 0 Å². The molecule has 0 spiro atoms. The number of hydrogen-bond acceptors (Lipinski definition) is 2. The minimum atomic E-state index is 0.144. The Bertz CT molecular complexity index is 393. The van der Waals surface area contributed by atoms with Crippen LogP contribution in [0.1, 0.15) is 32.3 Å². The van der Waals surface area contributed by atoms with Crippen LogP contribution in [0.4, 0.5) is 5.69 Å². The minimum Gasteiger partial charge on any atom is -0.380 e. The number of nitrogens with one attached hydrogen (secondary N) is 2. The topological polar surface area (TPSA) is 33.3 Å². The van der Waals surface area contributed by atoms with Gasteiger partial charge in [-0.2, -0.15) is 0 Å². The Hall–Kier alpha value is -1.13. The van der Waals surface area contributed by atoms with E-state index in [1.54, 1.807) is 7.11 Å². The fourth-order valence-corrected chi connectivity index (χ4v) is 1.79. The van der Waals surface area contributed by atoms with E-state index in [0.717, 1.165) is 5.69 Å². The Morgan fingerprint density at radius 2 is 1.94 bits per heavy atom. The molecule has 1 aromatic rings. The first-order chi connectivity index (χ1) is 8.54. The summed E-state index contributed by atoms with van der Waals surface area (Å²) < 4.78 is 5.16. The molecule has 0 fully saturated rings. The monoisotopic (exact) mass is 266 g/mol. The summed E-state index contributed by atoms with van der Waals surface area (Å²) in [6.07, 6.45) is 0.144. The van der Waals surface area contributed by atoms with Gasteiger partial charge in [-0.15, -0.1) is 0 Å². The summed E-state index contributed by atoms with van der Waals surface area (Å²) in [4.78, 5) is 0. The van der Waals surface area contributed by atoms with Gasteiger partial charge < -0.3 is 15.4 Å². The molecule has 18 heavy (non-hydrogen) atoms. The van der Waals surface area contributed by atoms with E-state index < -0.39 is 0 Å². The summed E-state index contributed by atoms with van der Waals surface area (Å²) in [6.45, 7) is 7.04. The number of hydrogen-bond donors (Lipinski definition) is 2. The quantitative estimate of drug-likeness (QED) is 0.802. The van der Waals surface area contributed by atoms with Gasteiger partial charge in [-0.3, -0.25) is 0 Å². The van der Waals surface area contributed by atoms with Crippen molar-refractivity contribution in [3.05, 3.63) is 29.8 Å². The zero-order valence-corrected chi connectivity index (χ0v) is 12.3. The first-order valence-corrected chi connectivity index (χ1v) is 6.62. The first kappa shape index (κ1) is 14.9. The van der Waals surface area contributed by atoms with Crippen molar-refractivity contribution in [2.75, 3.05) is 19.0 Å². The predicted molar refractivity (Wildman–Crippen MR) is 81.2 cm³/mol. The summed E-state index contributed by atoms with van der Waals surface area (Å²) in [5, 5.41) is 7.01. The number of ether oxygens (including phenoxy) is 1. The molecule has 1 atom stereocenters. The number of rotatable bonds is 5. The lowest BCUT2D eigenvalue weighted by Gasteiger charge is -2.17. The van der Waals surface area contributed by atoms with Crippen LogP contribution in [-0.4, -0.2) is 24.9 Å². The van der Waals surface area contributed by atoms with Crippen molar-refractivity contribution in [3.63, 3.8) is 0 Å². The molecule has 4 heteroatoms. The maximum Gasteiger partial charge on any atom is 0.170 e. The van der Waals surface area contributed by atoms with E-state index in [9.17, 15) is 0 Å². The summed E-state index contributed by atoms with van der Waals surface area (Å²) in [5.41, 5.74) is 2.33. The van der Waals surface area contributed by atoms with Gasteiger partial charge in [0.15, 0.2) is 5.11 Å². The standard InChI is InChI=1S/C14H22N2OS/c1-10(2)12-7-5-6-8-13(12)16-14(18)15-9-11(3)17-4/h5-8,10-11H,9H2,1-4H3,(H2,15,16,18). The Balaban J connectivity index is 2.59. The number of para-hydroxylation sites is 1. The molecule has 1 unspecified atom stereocenters. The molecule has 0 bridgehead atoms. The molecule has 2 N–H and O–H groups in total. The van der Waals surface area contributed by atoms with Crippen molar-refractivity contribution in [2.45, 2.75) is 32.8 Å². The van der Waals surface area contributed by atoms with Crippen molar-refractivity contribution in [1.82, 2.24) is 5.32 Å². The Labute approximate surface area is 115 Å². The summed E-state index contributed by atoms with van der Waals surface area (Å²) in [6, 6.07) is 8.22. The summed E-state index contributed by atoms with van der Waals surface area (Å²) in [5.74, 6) is 0.467. The molecule has 1 rings (SSSR count). The van der Waals surface area contributed by atoms with Crippen LogP contribution < -0.4 is 10.6 Å². The molecule has 0 aliphatic carbocycles. The maximum absolute atomic E-state index is 5.27. The van der Waals surface area contributed by atoms with Crippen LogP contribution in [-0.2, 0) is 4.74 Å². The lowest BCUT2D eigenvalue weighted by molar-refractivity contribution is 0.121. The van der Waals surface area contributed by atoms with E-state index in [1.165, 1.54) is 5.56 Å². The lowest BCUT2D eigenvalue weighted by Crippen LogP contribution is -2.34. The highest BCUT2D eigenvalue weighted by molar-refractivity contribution is 7.80. The van der Waals surface area contributed by atoms with Gasteiger partial charge in [0.1, 0.15) is 0 Å². The van der Waals surface area contributed by atoms with Gasteiger partial charge in [-0.1, -0.05) is 32.0 Å². The van der Waals surface area contributed by atoms with Gasteiger partial charge in [-0.05, 0) is 36.7 Å². The molecule has 3 nitrogen and oxygen atoms in total. The third-order valence-corrected chi connectivity index (χ3v) is 3.03. The highest BCUT2D eigenvalue weighted by atomic mass is 32.1. The molecule has 0 amide bonds. The fourth-order valence-electron chi connectivity index (χ4n) is 1.60. The first-order valence-electron chi connectivity index (χ1n) is 6.21. The van der Waals surface area contributed by atoms with E-state index in [1.807, 2.05) is 25.1 Å². The van der Waals surface area contributed by atoms with Gasteiger partial charge in [0.05, 0.1) is 6.10 Å². The second-order valence-corrected chi connectivity index (χ2v) is 5.03. The van der Waals surface area contributed by atoms with Crippen molar-refractivity contribution in [2.24, 2.45) is 0 Å². The second-order valence-electron chi connectivity index (χ2n) is 4.62. The predicted octanol–water partition coefficient (Wildman–Crippen LogP) is 3.13. The maximum atomic E-state index is 5.27. The molecule has 0 heterocycles. The van der Waals surface area contributed by atoms with E-state index in [0.29, 0.717) is 17.6 Å². The number of methoxy groups -OCH3 is 1. The Morgan fingerprint density at radius 1 is 1.28 bits per heavy atom. The van der Waals surface area contributed by atoms with Crippen molar-refractivity contribution in [3.8, 4) is 0 Å². The number of anilines is 1. The zero-order valence-electron chi connectivity index (χ0n) is 11.5. The third-order valence-electron chi connectivity index (χ3n) is 2.78. The molecule has 0 radical (unpaired) electrons. The van der Waals surface area contributed by atoms with Crippen LogP contribution in [0.15, 0.2) is 24.3 Å². The molecule has 0 saturated heterocycles. The molecule has 0 aliphatic heterocycles. The average molecular weight is 266 g/mol. The molecular formula is C14H22N2OS. The minimum absolute atomic E-state index is 0.144. The van der Waals surface area contributed by atoms with Crippen LogP contribution in [0.3, 0.4) is 0 Å². The van der Waals surface area contributed by atoms with Crippen molar-refractivity contribution < 1.29 is 4.74 Å². The van der Waals surface area contributed by atoms with Crippen molar-refractivity contribution >= 4 is 23.0 Å². The van der Waals surface area contributed by atoms with Crippen LogP contribution in [0.2, 0.25) is 0 Å². The van der Waals surface area contributed by atoms with E-state index in [-0.39, 0.29) is 6.10 Å². The van der Waals surface area contributed by atoms with Gasteiger partial charge in [0.2, 0.25) is 0 Å². The van der Waals surface area contributed by atoms with Gasteiger partial charge >= 0.3 is 0 Å². The molecule has 0 aromatic heterocycles. The largest absolute Gasteiger partial charge is 0.380 e. The zero-order chi connectivity index (χ0) is 13.5. The van der Waals surface area contributed by atoms with Crippen LogP contribution in [0, 0.1) is 0 Å². The highest BCUT2D eigenvalue weighted by Gasteiger charge is 2.07. The Morgan fingerprint density at radius 3 is 2.56 bits per heavy atom. The molecule has 0 saturated carbocycles. The molecule has 1 aromatic carbocycles. The van der Waals surface area contributed by atoms with E-state index in [4.69, 9.17) is 17.0 Å². The highest BCUT2D eigenvalue weighted by Crippen LogP contribution is 2.23. The van der Waals surface area contributed by atoms with Gasteiger partial charge in [0, 0.05) is 19.3 Å². The van der Waals surface area contributed by atoms with E-state index >= 15 is 0 Å². The van der Waals surface area contributed by atoms with Crippen LogP contribution in [0.5, 0.6) is 0 Å². The lowest BCUT2D eigenvalue weighted by atomic mass is 10.0. The summed E-state index contributed by atoms with van der Waals surface area (Å²) in [7, 11) is 1.69. The SMILES string of the molecule is COC(C)CNC(=S)Nc1ccccc1C(C)C. The average Bonchev–Trinajstić information content (AvgIpc) is 2.36. The second kappa shape index (κ2) is 7.34. The van der Waals surface area contributed by atoms with Gasteiger partial charge in [0.25, 0.3) is 0 Å². The number of benzene rings is 1. The third kappa shape index (κ3) is 4.63. The molecule has 0 aliphatic rings. The number of thiocarbonyl (C=S) groups is 1. The molecule has 100 valence electrons. The van der Waals surface area contributed by atoms with E-state index in [2.05, 4.69) is 30.5 Å². The normalized spacial score (nSPS) is 12.3.